The van der Waals surface area contributed by atoms with E-state index in [-0.39, 0.29) is 5.91 Å². The highest BCUT2D eigenvalue weighted by Gasteiger charge is 2.19. The van der Waals surface area contributed by atoms with Crippen LogP contribution in [0.1, 0.15) is 21.6 Å². The molecule has 3 heterocycles. The van der Waals surface area contributed by atoms with Crippen molar-refractivity contribution >= 4 is 17.0 Å². The van der Waals surface area contributed by atoms with Gasteiger partial charge in [0.1, 0.15) is 0 Å². The third-order valence-electron chi connectivity index (χ3n) is 4.13. The van der Waals surface area contributed by atoms with Gasteiger partial charge < -0.3 is 9.84 Å². The van der Waals surface area contributed by atoms with Crippen LogP contribution in [0, 0.1) is 6.92 Å². The van der Waals surface area contributed by atoms with E-state index in [1.165, 1.54) is 0 Å². The van der Waals surface area contributed by atoms with Gasteiger partial charge in [0.15, 0.2) is 0 Å². The zero-order valence-corrected chi connectivity index (χ0v) is 14.1. The lowest BCUT2D eigenvalue weighted by Gasteiger charge is -2.08. The minimum atomic E-state index is -0.197. The highest BCUT2D eigenvalue weighted by molar-refractivity contribution is 6.06. The monoisotopic (exact) mass is 344 g/mol. The van der Waals surface area contributed by atoms with Crippen LogP contribution in [0.15, 0.2) is 65.4 Å². The number of fused-ring (bicyclic) bond motifs is 1. The van der Waals surface area contributed by atoms with Gasteiger partial charge in [-0.25, -0.2) is 4.98 Å². The molecule has 0 bridgehead atoms. The van der Waals surface area contributed by atoms with Crippen molar-refractivity contribution < 1.29 is 9.32 Å². The van der Waals surface area contributed by atoms with Crippen LogP contribution < -0.4 is 5.32 Å². The minimum Gasteiger partial charge on any atom is -0.348 e. The Balaban J connectivity index is 1.72. The standard InChI is InChI=1S/C20H16N4O2/c1-13-18-16(19(25)22-12-14-7-9-21-10-8-14)11-17(23-20(18)26-24-13)15-5-3-2-4-6-15/h2-11H,12H2,1H3,(H,22,25). The summed E-state index contributed by atoms with van der Waals surface area (Å²) in [7, 11) is 0. The number of pyridine rings is 2. The van der Waals surface area contributed by atoms with Crippen LogP contribution in [0.3, 0.4) is 0 Å². The zero-order chi connectivity index (χ0) is 17.9. The van der Waals surface area contributed by atoms with Crippen LogP contribution in [0.25, 0.3) is 22.4 Å². The molecule has 128 valence electrons. The number of nitrogens with zero attached hydrogens (tertiary/aromatic N) is 3. The van der Waals surface area contributed by atoms with Crippen LogP contribution in [-0.4, -0.2) is 21.0 Å². The molecule has 0 atom stereocenters. The van der Waals surface area contributed by atoms with Gasteiger partial charge in [-0.05, 0) is 30.7 Å². The van der Waals surface area contributed by atoms with E-state index in [2.05, 4.69) is 20.4 Å². The van der Waals surface area contributed by atoms with Gasteiger partial charge >= 0.3 is 0 Å². The lowest BCUT2D eigenvalue weighted by atomic mass is 10.1. The summed E-state index contributed by atoms with van der Waals surface area (Å²) in [6, 6.07) is 15.2. The van der Waals surface area contributed by atoms with Crippen LogP contribution in [-0.2, 0) is 6.54 Å². The van der Waals surface area contributed by atoms with Crippen LogP contribution in [0.2, 0.25) is 0 Å². The summed E-state index contributed by atoms with van der Waals surface area (Å²) < 4.78 is 5.32. The number of nitrogens with one attached hydrogen (secondary N) is 1. The topological polar surface area (TPSA) is 80.9 Å². The molecule has 0 saturated heterocycles. The molecule has 0 aliphatic heterocycles. The maximum atomic E-state index is 12.8. The SMILES string of the molecule is Cc1noc2nc(-c3ccccc3)cc(C(=O)NCc3ccncc3)c12. The second-order valence-electron chi connectivity index (χ2n) is 5.91. The first-order valence-electron chi connectivity index (χ1n) is 8.22. The fourth-order valence-electron chi connectivity index (χ4n) is 2.81. The Hall–Kier alpha value is -3.54. The molecule has 6 nitrogen and oxygen atoms in total. The number of rotatable bonds is 4. The third kappa shape index (κ3) is 3.04. The van der Waals surface area contributed by atoms with Crippen LogP contribution in [0.4, 0.5) is 0 Å². The number of hydrogen-bond acceptors (Lipinski definition) is 5. The van der Waals surface area contributed by atoms with E-state index in [1.807, 2.05) is 42.5 Å². The molecule has 4 rings (SSSR count). The second kappa shape index (κ2) is 6.76. The molecular weight excluding hydrogens is 328 g/mol. The Kier molecular flexibility index (Phi) is 4.15. The first-order chi connectivity index (χ1) is 12.7. The molecule has 0 saturated carbocycles. The Morgan fingerprint density at radius 2 is 1.88 bits per heavy atom. The normalized spacial score (nSPS) is 10.8. The molecule has 0 spiro atoms. The van der Waals surface area contributed by atoms with E-state index >= 15 is 0 Å². The van der Waals surface area contributed by atoms with E-state index in [0.29, 0.717) is 34.6 Å². The molecule has 1 aromatic carbocycles. The highest BCUT2D eigenvalue weighted by Crippen LogP contribution is 2.26. The fourth-order valence-corrected chi connectivity index (χ4v) is 2.81. The van der Waals surface area contributed by atoms with E-state index in [1.54, 1.807) is 25.4 Å². The van der Waals surface area contributed by atoms with Crippen LogP contribution in [0.5, 0.6) is 0 Å². The van der Waals surface area contributed by atoms with E-state index in [4.69, 9.17) is 4.52 Å². The summed E-state index contributed by atoms with van der Waals surface area (Å²) in [6.07, 6.45) is 3.40. The lowest BCUT2D eigenvalue weighted by molar-refractivity contribution is 0.0952. The predicted molar refractivity (Wildman–Crippen MR) is 97.4 cm³/mol. The molecule has 0 unspecified atom stereocenters. The summed E-state index contributed by atoms with van der Waals surface area (Å²) in [5.41, 5.74) is 4.06. The maximum absolute atomic E-state index is 12.8. The van der Waals surface area contributed by atoms with Crippen molar-refractivity contribution in [2.75, 3.05) is 0 Å². The fraction of sp³-hybridized carbons (Fsp3) is 0.100. The number of aromatic nitrogens is 3. The summed E-state index contributed by atoms with van der Waals surface area (Å²) in [6.45, 7) is 2.21. The first kappa shape index (κ1) is 16.0. The Morgan fingerprint density at radius 3 is 2.65 bits per heavy atom. The summed E-state index contributed by atoms with van der Waals surface area (Å²) in [4.78, 5) is 21.3. The highest BCUT2D eigenvalue weighted by atomic mass is 16.5. The van der Waals surface area contributed by atoms with Gasteiger partial charge in [-0.2, -0.15) is 0 Å². The van der Waals surface area contributed by atoms with Crippen LogP contribution >= 0.6 is 0 Å². The third-order valence-corrected chi connectivity index (χ3v) is 4.13. The molecule has 6 heteroatoms. The van der Waals surface area contributed by atoms with Crippen molar-refractivity contribution in [1.29, 1.82) is 0 Å². The van der Waals surface area contributed by atoms with E-state index in [0.717, 1.165) is 11.1 Å². The second-order valence-corrected chi connectivity index (χ2v) is 5.91. The molecule has 0 aliphatic rings. The van der Waals surface area contributed by atoms with Crippen molar-refractivity contribution in [1.82, 2.24) is 20.4 Å². The van der Waals surface area contributed by atoms with Gasteiger partial charge in [0.2, 0.25) is 0 Å². The summed E-state index contributed by atoms with van der Waals surface area (Å²) in [5.74, 6) is -0.197. The molecule has 3 aromatic heterocycles. The predicted octanol–water partition coefficient (Wildman–Crippen LogP) is 3.52. The molecule has 26 heavy (non-hydrogen) atoms. The lowest BCUT2D eigenvalue weighted by Crippen LogP contribution is -2.23. The van der Waals surface area contributed by atoms with Crippen molar-refractivity contribution in [2.45, 2.75) is 13.5 Å². The van der Waals surface area contributed by atoms with E-state index in [9.17, 15) is 4.79 Å². The average molecular weight is 344 g/mol. The molecule has 0 aliphatic carbocycles. The Morgan fingerprint density at radius 1 is 1.12 bits per heavy atom. The zero-order valence-electron chi connectivity index (χ0n) is 14.1. The molecule has 4 aromatic rings. The maximum Gasteiger partial charge on any atom is 0.259 e. The number of carbonyl (C=O) groups excluding carboxylic acids is 1. The minimum absolute atomic E-state index is 0.197. The summed E-state index contributed by atoms with van der Waals surface area (Å²) in [5, 5.41) is 7.54. The van der Waals surface area contributed by atoms with Gasteiger partial charge in [0, 0.05) is 24.5 Å². The molecular formula is C20H16N4O2. The van der Waals surface area contributed by atoms with Gasteiger partial charge in [0.05, 0.1) is 22.3 Å². The quantitative estimate of drug-likeness (QED) is 0.612. The molecule has 1 amide bonds. The number of hydrogen-bond donors (Lipinski definition) is 1. The molecule has 1 N–H and O–H groups in total. The van der Waals surface area contributed by atoms with Crippen molar-refractivity contribution in [3.63, 3.8) is 0 Å². The van der Waals surface area contributed by atoms with Gasteiger partial charge in [-0.3, -0.25) is 9.78 Å². The molecule has 0 radical (unpaired) electrons. The molecule has 0 fully saturated rings. The van der Waals surface area contributed by atoms with Crippen molar-refractivity contribution in [3.8, 4) is 11.3 Å². The van der Waals surface area contributed by atoms with E-state index < -0.39 is 0 Å². The Bertz CT molecular complexity index is 1060. The smallest absolute Gasteiger partial charge is 0.259 e. The number of amides is 1. The number of carbonyl (C=O) groups is 1. The summed E-state index contributed by atoms with van der Waals surface area (Å²) >= 11 is 0. The van der Waals surface area contributed by atoms with Gasteiger partial charge in [0.25, 0.3) is 11.6 Å². The first-order valence-corrected chi connectivity index (χ1v) is 8.22. The number of benzene rings is 1. The van der Waals surface area contributed by atoms with Gasteiger partial charge in [-0.15, -0.1) is 0 Å². The largest absolute Gasteiger partial charge is 0.348 e. The average Bonchev–Trinajstić information content (AvgIpc) is 3.08. The Labute approximate surface area is 149 Å². The van der Waals surface area contributed by atoms with Gasteiger partial charge in [-0.1, -0.05) is 35.5 Å². The number of aryl methyl sites for hydroxylation is 1. The van der Waals surface area contributed by atoms with Crippen molar-refractivity contribution in [3.05, 3.63) is 77.7 Å². The van der Waals surface area contributed by atoms with Crippen molar-refractivity contribution in [2.24, 2.45) is 0 Å².